The number of nitrogens with two attached hydrogens (primary N) is 2. The van der Waals surface area contributed by atoms with E-state index in [1.54, 1.807) is 7.11 Å². The molecule has 0 fully saturated rings. The lowest BCUT2D eigenvalue weighted by Gasteiger charge is -2.20. The van der Waals surface area contributed by atoms with Crippen LogP contribution in [0.4, 0.5) is 0 Å². The highest BCUT2D eigenvalue weighted by atomic mass is 16.5. The molecule has 0 saturated carbocycles. The van der Waals surface area contributed by atoms with Crippen molar-refractivity contribution in [3.8, 4) is 5.75 Å². The van der Waals surface area contributed by atoms with E-state index in [0.29, 0.717) is 6.54 Å². The van der Waals surface area contributed by atoms with E-state index < -0.39 is 0 Å². The normalized spacial score (nSPS) is 12.8. The van der Waals surface area contributed by atoms with Gasteiger partial charge in [0, 0.05) is 25.7 Å². The molecule has 0 spiro atoms. The molecule has 16 heavy (non-hydrogen) atoms. The fraction of sp³-hybridized carbons (Fsp3) is 0.500. The van der Waals surface area contributed by atoms with Gasteiger partial charge in [-0.15, -0.1) is 0 Å². The summed E-state index contributed by atoms with van der Waals surface area (Å²) < 4.78 is 5.11. The van der Waals surface area contributed by atoms with Crippen molar-refractivity contribution < 1.29 is 4.74 Å². The van der Waals surface area contributed by atoms with Crippen molar-refractivity contribution in [2.45, 2.75) is 12.6 Å². The van der Waals surface area contributed by atoms with Gasteiger partial charge in [0.1, 0.15) is 5.75 Å². The number of benzene rings is 1. The molecule has 4 heteroatoms. The van der Waals surface area contributed by atoms with E-state index >= 15 is 0 Å². The fourth-order valence-electron chi connectivity index (χ4n) is 1.58. The molecular weight excluding hydrogens is 202 g/mol. The van der Waals surface area contributed by atoms with Crippen LogP contribution in [0.15, 0.2) is 24.3 Å². The second-order valence-corrected chi connectivity index (χ2v) is 4.04. The van der Waals surface area contributed by atoms with Crippen molar-refractivity contribution in [2.75, 3.05) is 27.2 Å². The molecule has 1 atom stereocenters. The van der Waals surface area contributed by atoms with Crippen molar-refractivity contribution in [1.82, 2.24) is 4.90 Å². The monoisotopic (exact) mass is 223 g/mol. The second-order valence-electron chi connectivity index (χ2n) is 4.04. The van der Waals surface area contributed by atoms with Crippen LogP contribution in [0.3, 0.4) is 0 Å². The minimum absolute atomic E-state index is 0.0447. The maximum Gasteiger partial charge on any atom is 0.118 e. The Morgan fingerprint density at radius 2 is 1.94 bits per heavy atom. The number of methoxy groups -OCH3 is 1. The third-order valence-corrected chi connectivity index (χ3v) is 2.46. The van der Waals surface area contributed by atoms with Crippen LogP contribution >= 0.6 is 0 Å². The van der Waals surface area contributed by atoms with Crippen molar-refractivity contribution in [2.24, 2.45) is 11.5 Å². The maximum absolute atomic E-state index is 5.79. The number of likely N-dealkylation sites (N-methyl/N-ethyl adjacent to an activating group) is 1. The van der Waals surface area contributed by atoms with Gasteiger partial charge < -0.3 is 21.1 Å². The van der Waals surface area contributed by atoms with Crippen molar-refractivity contribution in [3.05, 3.63) is 29.8 Å². The molecule has 4 N–H and O–H groups in total. The highest BCUT2D eigenvalue weighted by Gasteiger charge is 2.05. The Bertz CT molecular complexity index is 300. The van der Waals surface area contributed by atoms with E-state index in [1.807, 2.05) is 19.2 Å². The van der Waals surface area contributed by atoms with Gasteiger partial charge in [-0.05, 0) is 24.7 Å². The minimum atomic E-state index is 0.0447. The molecule has 1 rings (SSSR count). The van der Waals surface area contributed by atoms with Gasteiger partial charge >= 0.3 is 0 Å². The lowest BCUT2D eigenvalue weighted by Crippen LogP contribution is -2.40. The summed E-state index contributed by atoms with van der Waals surface area (Å²) in [4.78, 5) is 2.17. The summed E-state index contributed by atoms with van der Waals surface area (Å²) in [5.41, 5.74) is 12.5. The molecule has 1 aromatic carbocycles. The van der Waals surface area contributed by atoms with E-state index in [1.165, 1.54) is 5.56 Å². The molecule has 0 aliphatic rings. The summed E-state index contributed by atoms with van der Waals surface area (Å²) in [6, 6.07) is 8.09. The molecule has 4 nitrogen and oxygen atoms in total. The summed E-state index contributed by atoms with van der Waals surface area (Å²) >= 11 is 0. The molecule has 90 valence electrons. The predicted molar refractivity (Wildman–Crippen MR) is 66.4 cm³/mol. The van der Waals surface area contributed by atoms with E-state index in [4.69, 9.17) is 16.2 Å². The Hall–Kier alpha value is -1.10. The molecule has 0 aromatic heterocycles. The maximum atomic E-state index is 5.79. The topological polar surface area (TPSA) is 64.5 Å². The second kappa shape index (κ2) is 6.48. The first-order valence-corrected chi connectivity index (χ1v) is 5.43. The first-order chi connectivity index (χ1) is 7.65. The van der Waals surface area contributed by atoms with Crippen molar-refractivity contribution in [1.29, 1.82) is 0 Å². The summed E-state index contributed by atoms with van der Waals surface area (Å²) in [6.07, 6.45) is 0. The lowest BCUT2D eigenvalue weighted by atomic mass is 10.2. The average Bonchev–Trinajstić information content (AvgIpc) is 2.29. The molecule has 0 heterocycles. The zero-order valence-corrected chi connectivity index (χ0v) is 10.0. The van der Waals surface area contributed by atoms with Crippen LogP contribution in [-0.2, 0) is 6.54 Å². The van der Waals surface area contributed by atoms with Crippen LogP contribution < -0.4 is 16.2 Å². The number of ether oxygens (including phenoxy) is 1. The predicted octanol–water partition coefficient (Wildman–Crippen LogP) is 0.413. The van der Waals surface area contributed by atoms with Gasteiger partial charge in [-0.3, -0.25) is 0 Å². The third kappa shape index (κ3) is 4.18. The Balaban J connectivity index is 2.46. The zero-order chi connectivity index (χ0) is 12.0. The Kier molecular flexibility index (Phi) is 5.25. The molecule has 0 saturated heterocycles. The molecule has 0 aliphatic heterocycles. The first kappa shape index (κ1) is 13.0. The minimum Gasteiger partial charge on any atom is -0.497 e. The molecule has 1 aromatic rings. The standard InChI is InChI=1S/C12H21N3O/c1-15(9-11(14)7-13)8-10-3-5-12(16-2)6-4-10/h3-6,11H,7-9,13-14H2,1-2H3. The SMILES string of the molecule is COc1ccc(CN(C)CC(N)CN)cc1. The third-order valence-electron chi connectivity index (χ3n) is 2.46. The summed E-state index contributed by atoms with van der Waals surface area (Å²) in [5.74, 6) is 0.880. The number of nitrogens with zero attached hydrogens (tertiary/aromatic N) is 1. The van der Waals surface area contributed by atoms with E-state index in [-0.39, 0.29) is 6.04 Å². The molecule has 0 bridgehead atoms. The molecule has 0 amide bonds. The average molecular weight is 223 g/mol. The van der Waals surface area contributed by atoms with E-state index in [9.17, 15) is 0 Å². The Morgan fingerprint density at radius 1 is 1.31 bits per heavy atom. The van der Waals surface area contributed by atoms with Crippen LogP contribution in [0.25, 0.3) is 0 Å². The fourth-order valence-corrected chi connectivity index (χ4v) is 1.58. The summed E-state index contributed by atoms with van der Waals surface area (Å²) in [6.45, 7) is 2.20. The smallest absolute Gasteiger partial charge is 0.118 e. The highest BCUT2D eigenvalue weighted by molar-refractivity contribution is 5.27. The largest absolute Gasteiger partial charge is 0.497 e. The van der Waals surface area contributed by atoms with Gasteiger partial charge in [-0.1, -0.05) is 12.1 Å². The van der Waals surface area contributed by atoms with Crippen LogP contribution in [-0.4, -0.2) is 38.2 Å². The molecule has 1 unspecified atom stereocenters. The van der Waals surface area contributed by atoms with Gasteiger partial charge in [0.05, 0.1) is 7.11 Å². The Labute approximate surface area is 97.2 Å². The van der Waals surface area contributed by atoms with E-state index in [0.717, 1.165) is 18.8 Å². The van der Waals surface area contributed by atoms with Crippen molar-refractivity contribution in [3.63, 3.8) is 0 Å². The Morgan fingerprint density at radius 3 is 2.44 bits per heavy atom. The lowest BCUT2D eigenvalue weighted by molar-refractivity contribution is 0.305. The van der Waals surface area contributed by atoms with Gasteiger partial charge in [0.25, 0.3) is 0 Å². The van der Waals surface area contributed by atoms with Gasteiger partial charge in [0.15, 0.2) is 0 Å². The number of hydrogen-bond acceptors (Lipinski definition) is 4. The first-order valence-electron chi connectivity index (χ1n) is 5.43. The number of rotatable bonds is 6. The molecular formula is C12H21N3O. The van der Waals surface area contributed by atoms with Crippen LogP contribution in [0.1, 0.15) is 5.56 Å². The van der Waals surface area contributed by atoms with E-state index in [2.05, 4.69) is 17.0 Å². The zero-order valence-electron chi connectivity index (χ0n) is 10.0. The van der Waals surface area contributed by atoms with Gasteiger partial charge in [-0.2, -0.15) is 0 Å². The van der Waals surface area contributed by atoms with Gasteiger partial charge in [0.2, 0.25) is 0 Å². The van der Waals surface area contributed by atoms with Gasteiger partial charge in [-0.25, -0.2) is 0 Å². The van der Waals surface area contributed by atoms with Crippen molar-refractivity contribution >= 4 is 0 Å². The van der Waals surface area contributed by atoms with Crippen LogP contribution in [0, 0.1) is 0 Å². The summed E-state index contributed by atoms with van der Waals surface area (Å²) in [5, 5.41) is 0. The van der Waals surface area contributed by atoms with Crippen LogP contribution in [0.5, 0.6) is 5.75 Å². The highest BCUT2D eigenvalue weighted by Crippen LogP contribution is 2.12. The number of hydrogen-bond donors (Lipinski definition) is 2. The quantitative estimate of drug-likeness (QED) is 0.733. The van der Waals surface area contributed by atoms with Crippen LogP contribution in [0.2, 0.25) is 0 Å². The molecule has 0 aliphatic carbocycles. The molecule has 0 radical (unpaired) electrons. The summed E-state index contributed by atoms with van der Waals surface area (Å²) in [7, 11) is 3.71.